The highest BCUT2D eigenvalue weighted by molar-refractivity contribution is 5.28. The molecule has 0 unspecified atom stereocenters. The van der Waals surface area contributed by atoms with Crippen LogP contribution < -0.4 is 5.32 Å². The number of nitrogens with zero attached hydrogens (tertiary/aromatic N) is 1. The van der Waals surface area contributed by atoms with Crippen LogP contribution in [0.2, 0.25) is 0 Å². The first kappa shape index (κ1) is 20.6. The zero-order valence-corrected chi connectivity index (χ0v) is 18.1. The first-order valence-corrected chi connectivity index (χ1v) is 11.1. The Kier molecular flexibility index (Phi) is 5.81. The molecular weight excluding hydrogens is 359 g/mol. The van der Waals surface area contributed by atoms with Gasteiger partial charge in [-0.25, -0.2) is 4.39 Å². The lowest BCUT2D eigenvalue weighted by Gasteiger charge is -2.47. The number of hydrogen-bond acceptors (Lipinski definition) is 2. The van der Waals surface area contributed by atoms with Crippen molar-refractivity contribution in [2.24, 2.45) is 5.41 Å². The smallest absolute Gasteiger partial charge is 0.123 e. The minimum atomic E-state index is -0.146. The van der Waals surface area contributed by atoms with Gasteiger partial charge in [-0.1, -0.05) is 42.5 Å². The number of likely N-dealkylation sites (tertiary alicyclic amines) is 1. The van der Waals surface area contributed by atoms with Crippen LogP contribution in [0.1, 0.15) is 57.1 Å². The van der Waals surface area contributed by atoms with E-state index in [-0.39, 0.29) is 16.8 Å². The number of nitrogens with one attached hydrogen (secondary N) is 1. The highest BCUT2D eigenvalue weighted by atomic mass is 19.1. The van der Waals surface area contributed by atoms with E-state index >= 15 is 0 Å². The summed E-state index contributed by atoms with van der Waals surface area (Å²) in [4.78, 5) is 2.61. The normalized spacial score (nSPS) is 24.4. The number of hydrogen-bond donors (Lipinski definition) is 1. The minimum Gasteiger partial charge on any atom is -0.313 e. The molecule has 4 rings (SSSR count). The predicted molar refractivity (Wildman–Crippen MR) is 119 cm³/mol. The molecule has 2 atom stereocenters. The summed E-state index contributed by atoms with van der Waals surface area (Å²) >= 11 is 0. The summed E-state index contributed by atoms with van der Waals surface area (Å²) < 4.78 is 13.4. The third-order valence-electron chi connectivity index (χ3n) is 7.02. The Balaban J connectivity index is 1.42. The van der Waals surface area contributed by atoms with Crippen molar-refractivity contribution in [1.29, 1.82) is 0 Å². The van der Waals surface area contributed by atoms with E-state index in [1.54, 1.807) is 12.1 Å². The van der Waals surface area contributed by atoms with Crippen molar-refractivity contribution < 1.29 is 4.39 Å². The standard InChI is InChI=1S/C26H35FN2/c1-25(2,3)29-15-13-26(14-16-29,18-20-9-11-22(27)12-10-20)19-28-24-17-23(24)21-7-5-4-6-8-21/h4-12,23-24,28H,13-19H2,1-3H3/t23-,24+/m0/s1. The Labute approximate surface area is 175 Å². The lowest BCUT2D eigenvalue weighted by atomic mass is 9.73. The van der Waals surface area contributed by atoms with Crippen molar-refractivity contribution in [2.75, 3.05) is 19.6 Å². The molecule has 1 aliphatic carbocycles. The van der Waals surface area contributed by atoms with Crippen LogP contribution in [-0.4, -0.2) is 36.1 Å². The third kappa shape index (κ3) is 5.07. The molecule has 0 radical (unpaired) electrons. The molecule has 0 aromatic heterocycles. The van der Waals surface area contributed by atoms with Crippen LogP contribution in [0, 0.1) is 11.2 Å². The van der Waals surface area contributed by atoms with Crippen LogP contribution in [-0.2, 0) is 6.42 Å². The van der Waals surface area contributed by atoms with Crippen LogP contribution in [0.4, 0.5) is 4.39 Å². The second-order valence-corrected chi connectivity index (χ2v) is 10.2. The molecule has 0 amide bonds. The van der Waals surface area contributed by atoms with Crippen molar-refractivity contribution in [1.82, 2.24) is 10.2 Å². The molecule has 1 N–H and O–H groups in total. The highest BCUT2D eigenvalue weighted by Gasteiger charge is 2.42. The molecule has 1 saturated heterocycles. The first-order chi connectivity index (χ1) is 13.8. The van der Waals surface area contributed by atoms with Crippen LogP contribution in [0.5, 0.6) is 0 Å². The molecule has 29 heavy (non-hydrogen) atoms. The van der Waals surface area contributed by atoms with Crippen molar-refractivity contribution in [3.05, 3.63) is 71.5 Å². The summed E-state index contributed by atoms with van der Waals surface area (Å²) in [5, 5.41) is 3.91. The number of piperidine rings is 1. The van der Waals surface area contributed by atoms with Crippen LogP contribution >= 0.6 is 0 Å². The average molecular weight is 395 g/mol. The number of halogens is 1. The van der Waals surface area contributed by atoms with E-state index in [9.17, 15) is 4.39 Å². The SMILES string of the molecule is CC(C)(C)N1CCC(CN[C@@H]2C[C@H]2c2ccccc2)(Cc2ccc(F)cc2)CC1. The summed E-state index contributed by atoms with van der Waals surface area (Å²) in [5.41, 5.74) is 3.20. The Morgan fingerprint density at radius 1 is 1.00 bits per heavy atom. The molecule has 0 spiro atoms. The molecule has 0 bridgehead atoms. The van der Waals surface area contributed by atoms with Gasteiger partial charge in [0.15, 0.2) is 0 Å². The average Bonchev–Trinajstić information content (AvgIpc) is 3.49. The van der Waals surface area contributed by atoms with Gasteiger partial charge in [-0.05, 0) is 88.2 Å². The topological polar surface area (TPSA) is 15.3 Å². The van der Waals surface area contributed by atoms with Gasteiger partial charge in [0.25, 0.3) is 0 Å². The Bertz CT molecular complexity index is 786. The molecule has 3 heteroatoms. The lowest BCUT2D eigenvalue weighted by Crippen LogP contribution is -2.52. The van der Waals surface area contributed by atoms with Gasteiger partial charge >= 0.3 is 0 Å². The fraction of sp³-hybridized carbons (Fsp3) is 0.538. The van der Waals surface area contributed by atoms with Crippen molar-refractivity contribution >= 4 is 0 Å². The maximum atomic E-state index is 13.4. The quantitative estimate of drug-likeness (QED) is 0.706. The van der Waals surface area contributed by atoms with E-state index in [0.717, 1.165) is 26.1 Å². The van der Waals surface area contributed by atoms with Gasteiger partial charge < -0.3 is 5.32 Å². The molecule has 156 valence electrons. The van der Waals surface area contributed by atoms with Gasteiger partial charge in [0.05, 0.1) is 0 Å². The Morgan fingerprint density at radius 3 is 2.28 bits per heavy atom. The van der Waals surface area contributed by atoms with E-state index < -0.39 is 0 Å². The summed E-state index contributed by atoms with van der Waals surface area (Å²) in [5.74, 6) is 0.515. The number of rotatable bonds is 6. The molecule has 2 nitrogen and oxygen atoms in total. The maximum absolute atomic E-state index is 13.4. The molecule has 2 aliphatic rings. The molecular formula is C26H35FN2. The summed E-state index contributed by atoms with van der Waals surface area (Å²) in [6.45, 7) is 10.3. The fourth-order valence-electron chi connectivity index (χ4n) is 4.94. The van der Waals surface area contributed by atoms with Gasteiger partial charge in [0.2, 0.25) is 0 Å². The molecule has 2 aromatic carbocycles. The summed E-state index contributed by atoms with van der Waals surface area (Å²) in [7, 11) is 0. The molecule has 1 aliphatic heterocycles. The zero-order valence-electron chi connectivity index (χ0n) is 18.1. The van der Waals surface area contributed by atoms with Gasteiger partial charge in [-0.2, -0.15) is 0 Å². The fourth-order valence-corrected chi connectivity index (χ4v) is 4.94. The van der Waals surface area contributed by atoms with Crippen LogP contribution in [0.15, 0.2) is 54.6 Å². The molecule has 2 fully saturated rings. The summed E-state index contributed by atoms with van der Waals surface area (Å²) in [6, 6.07) is 18.6. The Morgan fingerprint density at radius 2 is 1.66 bits per heavy atom. The third-order valence-corrected chi connectivity index (χ3v) is 7.02. The molecule has 1 heterocycles. The maximum Gasteiger partial charge on any atom is 0.123 e. The molecule has 1 saturated carbocycles. The van der Waals surface area contributed by atoms with Crippen molar-refractivity contribution in [2.45, 2.75) is 64.0 Å². The Hall–Kier alpha value is -1.71. The van der Waals surface area contributed by atoms with Gasteiger partial charge in [-0.3, -0.25) is 4.90 Å². The highest BCUT2D eigenvalue weighted by Crippen LogP contribution is 2.43. The van der Waals surface area contributed by atoms with E-state index in [4.69, 9.17) is 0 Å². The van der Waals surface area contributed by atoms with E-state index in [2.05, 4.69) is 61.3 Å². The van der Waals surface area contributed by atoms with Crippen LogP contribution in [0.3, 0.4) is 0 Å². The van der Waals surface area contributed by atoms with E-state index in [1.807, 2.05) is 12.1 Å². The van der Waals surface area contributed by atoms with Gasteiger partial charge in [0.1, 0.15) is 5.82 Å². The monoisotopic (exact) mass is 394 g/mol. The van der Waals surface area contributed by atoms with Crippen LogP contribution in [0.25, 0.3) is 0 Å². The van der Waals surface area contributed by atoms with Crippen molar-refractivity contribution in [3.8, 4) is 0 Å². The second-order valence-electron chi connectivity index (χ2n) is 10.2. The lowest BCUT2D eigenvalue weighted by molar-refractivity contribution is 0.0419. The zero-order chi connectivity index (χ0) is 20.5. The number of benzene rings is 2. The van der Waals surface area contributed by atoms with E-state index in [1.165, 1.54) is 30.4 Å². The van der Waals surface area contributed by atoms with Gasteiger partial charge in [-0.15, -0.1) is 0 Å². The van der Waals surface area contributed by atoms with Gasteiger partial charge in [0, 0.05) is 24.0 Å². The largest absolute Gasteiger partial charge is 0.313 e. The molecule has 2 aromatic rings. The minimum absolute atomic E-state index is 0.146. The second kappa shape index (κ2) is 8.20. The van der Waals surface area contributed by atoms with Crippen molar-refractivity contribution in [3.63, 3.8) is 0 Å². The predicted octanol–water partition coefficient (Wildman–Crippen LogP) is 5.39. The first-order valence-electron chi connectivity index (χ1n) is 11.1. The van der Waals surface area contributed by atoms with E-state index in [0.29, 0.717) is 12.0 Å². The summed E-state index contributed by atoms with van der Waals surface area (Å²) in [6.07, 6.45) is 4.65.